The third kappa shape index (κ3) is 3.69. The van der Waals surface area contributed by atoms with E-state index in [1.807, 2.05) is 42.2 Å². The molecule has 0 atom stereocenters. The molecule has 0 aliphatic carbocycles. The second-order valence-electron chi connectivity index (χ2n) is 5.69. The number of hydrogen-bond donors (Lipinski definition) is 0. The molecule has 0 radical (unpaired) electrons. The van der Waals surface area contributed by atoms with Crippen molar-refractivity contribution in [1.82, 2.24) is 4.98 Å². The van der Waals surface area contributed by atoms with Gasteiger partial charge in [0.2, 0.25) is 0 Å². The Morgan fingerprint density at radius 2 is 1.92 bits per heavy atom. The van der Waals surface area contributed by atoms with Gasteiger partial charge in [-0.05, 0) is 34.5 Å². The number of rotatable bonds is 6. The molecule has 0 N–H and O–H groups in total. The number of hydrogen-bond acceptors (Lipinski definition) is 6. The van der Waals surface area contributed by atoms with E-state index in [1.54, 1.807) is 19.1 Å². The van der Waals surface area contributed by atoms with Crippen molar-refractivity contribution in [3.05, 3.63) is 63.8 Å². The van der Waals surface area contributed by atoms with Gasteiger partial charge in [-0.25, -0.2) is 0 Å². The average molecular weight is 329 g/mol. The lowest BCUT2D eigenvalue weighted by Gasteiger charge is -2.37. The predicted molar refractivity (Wildman–Crippen MR) is 88.5 cm³/mol. The van der Waals surface area contributed by atoms with E-state index in [2.05, 4.69) is 4.98 Å². The Morgan fingerprint density at radius 1 is 1.21 bits per heavy atom. The maximum Gasteiger partial charge on any atom is 0.387 e. The minimum atomic E-state index is -0.453. The number of ether oxygens (including phenoxy) is 2. The quantitative estimate of drug-likeness (QED) is 0.599. The van der Waals surface area contributed by atoms with Gasteiger partial charge < -0.3 is 24.5 Å². The maximum atomic E-state index is 11.4. The van der Waals surface area contributed by atoms with Crippen LogP contribution in [0.25, 0.3) is 0 Å². The average Bonchev–Trinajstić information content (AvgIpc) is 2.53. The topological polar surface area (TPSA) is 77.7 Å². The van der Waals surface area contributed by atoms with Gasteiger partial charge in [-0.3, -0.25) is 0 Å². The Kier molecular flexibility index (Phi) is 4.73. The first-order chi connectivity index (χ1) is 11.5. The second kappa shape index (κ2) is 6.94. The molecule has 1 fully saturated rings. The lowest BCUT2D eigenvalue weighted by Crippen LogP contribution is -2.46. The minimum Gasteiger partial charge on any atom is -0.358 e. The molecule has 1 aliphatic rings. The number of nitro groups is 1. The number of nitrogens with zero attached hydrogens (tertiary/aromatic N) is 3. The number of aromatic nitrogens is 1. The summed E-state index contributed by atoms with van der Waals surface area (Å²) in [6.07, 6.45) is -0.635. The van der Waals surface area contributed by atoms with E-state index in [-0.39, 0.29) is 12.1 Å². The Bertz CT molecular complexity index is 717. The van der Waals surface area contributed by atoms with E-state index in [0.29, 0.717) is 24.5 Å². The Morgan fingerprint density at radius 3 is 2.54 bits per heavy atom. The Labute approximate surface area is 140 Å². The fraction of sp³-hybridized carbons (Fsp3) is 0.353. The first-order valence-electron chi connectivity index (χ1n) is 7.75. The van der Waals surface area contributed by atoms with E-state index < -0.39 is 11.2 Å². The number of aryl methyl sites for hydroxylation is 1. The van der Waals surface area contributed by atoms with E-state index in [0.717, 1.165) is 5.56 Å². The number of benzene rings is 1. The Hall–Kier alpha value is -2.51. The first kappa shape index (κ1) is 16.4. The third-order valence-corrected chi connectivity index (χ3v) is 3.78. The smallest absolute Gasteiger partial charge is 0.358 e. The molecule has 0 amide bonds. The molecule has 0 saturated carbocycles. The molecule has 0 unspecified atom stereocenters. The van der Waals surface area contributed by atoms with Crippen molar-refractivity contribution in [1.29, 1.82) is 0 Å². The zero-order valence-electron chi connectivity index (χ0n) is 13.6. The summed E-state index contributed by atoms with van der Waals surface area (Å²) < 4.78 is 11.0. The third-order valence-electron chi connectivity index (χ3n) is 3.78. The van der Waals surface area contributed by atoms with Crippen molar-refractivity contribution in [2.75, 3.05) is 11.4 Å². The monoisotopic (exact) mass is 329 g/mol. The van der Waals surface area contributed by atoms with Crippen LogP contribution in [0.5, 0.6) is 0 Å². The second-order valence-corrected chi connectivity index (χ2v) is 5.69. The zero-order valence-corrected chi connectivity index (χ0v) is 13.6. The van der Waals surface area contributed by atoms with Gasteiger partial charge >= 0.3 is 5.82 Å². The SMILES string of the molecule is Cc1ccc(N(Cc2ccccc2)CC2OC(C)O2)c([N+](=O)[O-])n1. The molecule has 1 aromatic heterocycles. The fourth-order valence-electron chi connectivity index (χ4n) is 2.67. The maximum absolute atomic E-state index is 11.4. The van der Waals surface area contributed by atoms with Crippen molar-refractivity contribution < 1.29 is 14.4 Å². The predicted octanol–water partition coefficient (Wildman–Crippen LogP) is 3.02. The molecule has 2 aromatic rings. The molecule has 24 heavy (non-hydrogen) atoms. The molecule has 7 nitrogen and oxygen atoms in total. The van der Waals surface area contributed by atoms with Gasteiger partial charge in [0.15, 0.2) is 12.6 Å². The van der Waals surface area contributed by atoms with Gasteiger partial charge in [0.05, 0.1) is 6.54 Å². The summed E-state index contributed by atoms with van der Waals surface area (Å²) in [5, 5.41) is 11.4. The first-order valence-corrected chi connectivity index (χ1v) is 7.75. The minimum absolute atomic E-state index is 0.154. The van der Waals surface area contributed by atoms with Crippen LogP contribution in [0.3, 0.4) is 0 Å². The summed E-state index contributed by atoms with van der Waals surface area (Å²) in [6.45, 7) is 4.45. The van der Waals surface area contributed by atoms with Crippen LogP contribution in [0.2, 0.25) is 0 Å². The van der Waals surface area contributed by atoms with E-state index >= 15 is 0 Å². The molecule has 7 heteroatoms. The van der Waals surface area contributed by atoms with Gasteiger partial charge in [0.1, 0.15) is 11.4 Å². The number of pyridine rings is 1. The van der Waals surface area contributed by atoms with E-state index in [4.69, 9.17) is 9.47 Å². The van der Waals surface area contributed by atoms with E-state index in [9.17, 15) is 10.1 Å². The van der Waals surface area contributed by atoms with Crippen molar-refractivity contribution in [2.45, 2.75) is 33.0 Å². The molecule has 0 bridgehead atoms. The molecule has 1 saturated heterocycles. The van der Waals surface area contributed by atoms with Crippen molar-refractivity contribution >= 4 is 11.5 Å². The summed E-state index contributed by atoms with van der Waals surface area (Å²) in [4.78, 5) is 16.9. The fourth-order valence-corrected chi connectivity index (χ4v) is 2.67. The van der Waals surface area contributed by atoms with Crippen LogP contribution in [-0.2, 0) is 16.0 Å². The van der Waals surface area contributed by atoms with Crippen molar-refractivity contribution in [3.8, 4) is 0 Å². The standard InChI is InChI=1S/C17H19N3O4/c1-12-8-9-15(17(18-12)20(21)22)19(11-16-23-13(2)24-16)10-14-6-4-3-5-7-14/h3-9,13,16H,10-11H2,1-2H3. The van der Waals surface area contributed by atoms with Gasteiger partial charge in [0, 0.05) is 13.5 Å². The van der Waals surface area contributed by atoms with E-state index in [1.165, 1.54) is 0 Å². The molecule has 1 aliphatic heterocycles. The molecule has 2 heterocycles. The molecule has 126 valence electrons. The largest absolute Gasteiger partial charge is 0.387 e. The molecular weight excluding hydrogens is 310 g/mol. The highest BCUT2D eigenvalue weighted by atomic mass is 16.9. The van der Waals surface area contributed by atoms with Crippen LogP contribution in [-0.4, -0.2) is 29.0 Å². The summed E-state index contributed by atoms with van der Waals surface area (Å²) in [6, 6.07) is 13.3. The van der Waals surface area contributed by atoms with Crippen LogP contribution >= 0.6 is 0 Å². The van der Waals surface area contributed by atoms with Crippen LogP contribution in [0.15, 0.2) is 42.5 Å². The Balaban J connectivity index is 1.90. The van der Waals surface area contributed by atoms with Crippen LogP contribution < -0.4 is 4.90 Å². The highest BCUT2D eigenvalue weighted by molar-refractivity contribution is 5.60. The van der Waals surface area contributed by atoms with Crippen LogP contribution in [0.4, 0.5) is 11.5 Å². The van der Waals surface area contributed by atoms with Gasteiger partial charge in [0.25, 0.3) is 0 Å². The normalized spacial score (nSPS) is 19.6. The lowest BCUT2D eigenvalue weighted by atomic mass is 10.2. The van der Waals surface area contributed by atoms with Crippen LogP contribution in [0, 0.1) is 17.0 Å². The molecular formula is C17H19N3O4. The van der Waals surface area contributed by atoms with Gasteiger partial charge in [-0.2, -0.15) is 0 Å². The highest BCUT2D eigenvalue weighted by Gasteiger charge is 2.31. The number of anilines is 1. The highest BCUT2D eigenvalue weighted by Crippen LogP contribution is 2.29. The molecule has 0 spiro atoms. The summed E-state index contributed by atoms with van der Waals surface area (Å²) >= 11 is 0. The summed E-state index contributed by atoms with van der Waals surface area (Å²) in [7, 11) is 0. The van der Waals surface area contributed by atoms with Crippen molar-refractivity contribution in [3.63, 3.8) is 0 Å². The zero-order chi connectivity index (χ0) is 17.1. The van der Waals surface area contributed by atoms with Gasteiger partial charge in [-0.15, -0.1) is 0 Å². The van der Waals surface area contributed by atoms with Gasteiger partial charge in [-0.1, -0.05) is 30.3 Å². The van der Waals surface area contributed by atoms with Crippen LogP contribution in [0.1, 0.15) is 18.2 Å². The molecule has 1 aromatic carbocycles. The molecule has 3 rings (SSSR count). The summed E-state index contributed by atoms with van der Waals surface area (Å²) in [5.41, 5.74) is 2.11. The van der Waals surface area contributed by atoms with Crippen molar-refractivity contribution in [2.24, 2.45) is 0 Å². The lowest BCUT2D eigenvalue weighted by molar-refractivity contribution is -0.389. The summed E-state index contributed by atoms with van der Waals surface area (Å²) in [5.74, 6) is -0.154.